The van der Waals surface area contributed by atoms with Crippen molar-refractivity contribution in [3.05, 3.63) is 54.1 Å². The summed E-state index contributed by atoms with van der Waals surface area (Å²) in [4.78, 5) is 4.16. The first-order chi connectivity index (χ1) is 10.7. The van der Waals surface area contributed by atoms with E-state index in [2.05, 4.69) is 4.90 Å². The molecule has 1 heterocycles. The number of hydrogen-bond acceptors (Lipinski definition) is 3. The second-order valence-corrected chi connectivity index (χ2v) is 5.24. The van der Waals surface area contributed by atoms with Crippen LogP contribution in [-0.2, 0) is 0 Å². The Morgan fingerprint density at radius 3 is 2.14 bits per heavy atom. The molecule has 1 fully saturated rings. The largest absolute Gasteiger partial charge is 0.495 e. The van der Waals surface area contributed by atoms with Gasteiger partial charge in [-0.1, -0.05) is 12.1 Å². The Morgan fingerprint density at radius 1 is 0.864 bits per heavy atom. The van der Waals surface area contributed by atoms with Crippen LogP contribution in [0.15, 0.2) is 42.5 Å². The van der Waals surface area contributed by atoms with Crippen LogP contribution >= 0.6 is 0 Å². The van der Waals surface area contributed by atoms with Crippen LogP contribution < -0.4 is 14.5 Å². The summed E-state index contributed by atoms with van der Waals surface area (Å²) in [6, 6.07) is 11.6. The van der Waals surface area contributed by atoms with Gasteiger partial charge in [-0.05, 0) is 24.3 Å². The van der Waals surface area contributed by atoms with E-state index in [9.17, 15) is 8.78 Å². The molecule has 2 aromatic carbocycles. The summed E-state index contributed by atoms with van der Waals surface area (Å²) in [5.74, 6) is -0.219. The van der Waals surface area contributed by atoms with E-state index in [4.69, 9.17) is 4.74 Å². The van der Waals surface area contributed by atoms with Crippen molar-refractivity contribution in [3.63, 3.8) is 0 Å². The Morgan fingerprint density at radius 2 is 1.50 bits per heavy atom. The van der Waals surface area contributed by atoms with E-state index in [1.807, 2.05) is 29.2 Å². The molecule has 5 heteroatoms. The second-order valence-electron chi connectivity index (χ2n) is 5.24. The van der Waals surface area contributed by atoms with Gasteiger partial charge in [-0.15, -0.1) is 0 Å². The van der Waals surface area contributed by atoms with Gasteiger partial charge in [0, 0.05) is 32.2 Å². The van der Waals surface area contributed by atoms with E-state index in [1.165, 1.54) is 12.1 Å². The summed E-state index contributed by atoms with van der Waals surface area (Å²) in [7, 11) is 1.66. The lowest BCUT2D eigenvalue weighted by atomic mass is 10.2. The molecule has 22 heavy (non-hydrogen) atoms. The fraction of sp³-hybridized carbons (Fsp3) is 0.294. The first kappa shape index (κ1) is 14.6. The number of para-hydroxylation sites is 2. The number of piperazine rings is 1. The van der Waals surface area contributed by atoms with E-state index >= 15 is 0 Å². The molecule has 1 aliphatic heterocycles. The molecular weight excluding hydrogens is 286 g/mol. The van der Waals surface area contributed by atoms with Crippen molar-refractivity contribution in [2.24, 2.45) is 0 Å². The van der Waals surface area contributed by atoms with E-state index in [0.29, 0.717) is 18.8 Å². The summed E-state index contributed by atoms with van der Waals surface area (Å²) >= 11 is 0. The predicted octanol–water partition coefficient (Wildman–Crippen LogP) is 3.30. The third kappa shape index (κ3) is 2.84. The molecular formula is C17H18F2N2O. The maximum Gasteiger partial charge on any atom is 0.149 e. The fourth-order valence-electron chi connectivity index (χ4n) is 2.82. The number of anilines is 2. The van der Waals surface area contributed by atoms with Crippen molar-refractivity contribution in [2.75, 3.05) is 43.1 Å². The Kier molecular flexibility index (Phi) is 4.13. The van der Waals surface area contributed by atoms with Gasteiger partial charge in [0.25, 0.3) is 0 Å². The van der Waals surface area contributed by atoms with Gasteiger partial charge in [-0.2, -0.15) is 0 Å². The number of hydrogen-bond donors (Lipinski definition) is 0. The second kappa shape index (κ2) is 6.22. The Hall–Kier alpha value is -2.30. The van der Waals surface area contributed by atoms with Crippen LogP contribution in [0.25, 0.3) is 0 Å². The highest BCUT2D eigenvalue weighted by Crippen LogP contribution is 2.29. The molecule has 116 valence electrons. The highest BCUT2D eigenvalue weighted by atomic mass is 19.1. The molecule has 0 N–H and O–H groups in total. The highest BCUT2D eigenvalue weighted by molar-refractivity contribution is 5.60. The lowest BCUT2D eigenvalue weighted by molar-refractivity contribution is 0.413. The molecule has 3 rings (SSSR count). The van der Waals surface area contributed by atoms with Crippen molar-refractivity contribution in [1.29, 1.82) is 0 Å². The van der Waals surface area contributed by atoms with E-state index in [-0.39, 0.29) is 0 Å². The summed E-state index contributed by atoms with van der Waals surface area (Å²) in [5, 5.41) is 0. The Balaban J connectivity index is 1.72. The fourth-order valence-corrected chi connectivity index (χ4v) is 2.82. The summed E-state index contributed by atoms with van der Waals surface area (Å²) < 4.78 is 32.2. The zero-order valence-corrected chi connectivity index (χ0v) is 12.4. The van der Waals surface area contributed by atoms with Gasteiger partial charge in [-0.25, -0.2) is 8.78 Å². The average Bonchev–Trinajstić information content (AvgIpc) is 2.55. The standard InChI is InChI=1S/C17H18F2N2O/c1-22-17-5-3-2-4-16(17)21-10-8-20(9-11-21)15-7-6-13(18)12-14(15)19/h2-7,12H,8-11H2,1H3. The van der Waals surface area contributed by atoms with Crippen molar-refractivity contribution in [2.45, 2.75) is 0 Å². The third-order valence-electron chi connectivity index (χ3n) is 3.96. The van der Waals surface area contributed by atoms with Gasteiger partial charge in [0.1, 0.15) is 17.4 Å². The molecule has 3 nitrogen and oxygen atoms in total. The van der Waals surface area contributed by atoms with E-state index in [1.54, 1.807) is 7.11 Å². The molecule has 0 bridgehead atoms. The molecule has 0 unspecified atom stereocenters. The van der Waals surface area contributed by atoms with Crippen molar-refractivity contribution >= 4 is 11.4 Å². The predicted molar refractivity (Wildman–Crippen MR) is 83.8 cm³/mol. The number of halogens is 2. The number of nitrogens with zero attached hydrogens (tertiary/aromatic N) is 2. The van der Waals surface area contributed by atoms with Crippen LogP contribution in [0, 0.1) is 11.6 Å². The lowest BCUT2D eigenvalue weighted by Gasteiger charge is -2.37. The van der Waals surface area contributed by atoms with Crippen LogP contribution in [0.3, 0.4) is 0 Å². The molecule has 0 amide bonds. The van der Waals surface area contributed by atoms with E-state index in [0.717, 1.165) is 30.6 Å². The monoisotopic (exact) mass is 304 g/mol. The number of ether oxygens (including phenoxy) is 1. The van der Waals surface area contributed by atoms with Gasteiger partial charge in [0.15, 0.2) is 0 Å². The normalized spacial score (nSPS) is 15.0. The third-order valence-corrected chi connectivity index (χ3v) is 3.96. The quantitative estimate of drug-likeness (QED) is 0.865. The Labute approximate surface area is 128 Å². The summed E-state index contributed by atoms with van der Waals surface area (Å²) in [6.45, 7) is 2.88. The molecule has 0 atom stereocenters. The maximum atomic E-state index is 13.9. The van der Waals surface area contributed by atoms with Crippen LogP contribution in [0.4, 0.5) is 20.2 Å². The topological polar surface area (TPSA) is 15.7 Å². The minimum absolute atomic E-state index is 0.459. The molecule has 2 aromatic rings. The number of benzene rings is 2. The number of rotatable bonds is 3. The zero-order chi connectivity index (χ0) is 15.5. The summed E-state index contributed by atoms with van der Waals surface area (Å²) in [5.41, 5.74) is 1.50. The molecule has 0 saturated carbocycles. The minimum atomic E-state index is -0.547. The van der Waals surface area contributed by atoms with Gasteiger partial charge >= 0.3 is 0 Å². The molecule has 0 radical (unpaired) electrons. The van der Waals surface area contributed by atoms with Crippen molar-refractivity contribution in [3.8, 4) is 5.75 Å². The Bertz CT molecular complexity index is 655. The lowest BCUT2D eigenvalue weighted by Crippen LogP contribution is -2.46. The molecule has 0 aromatic heterocycles. The van der Waals surface area contributed by atoms with Crippen molar-refractivity contribution in [1.82, 2.24) is 0 Å². The van der Waals surface area contributed by atoms with Crippen LogP contribution in [0.2, 0.25) is 0 Å². The van der Waals surface area contributed by atoms with Gasteiger partial charge in [0.2, 0.25) is 0 Å². The molecule has 1 aliphatic rings. The van der Waals surface area contributed by atoms with Crippen LogP contribution in [0.1, 0.15) is 0 Å². The van der Waals surface area contributed by atoms with Crippen molar-refractivity contribution < 1.29 is 13.5 Å². The maximum absolute atomic E-state index is 13.9. The molecule has 0 aliphatic carbocycles. The zero-order valence-electron chi connectivity index (χ0n) is 12.4. The SMILES string of the molecule is COc1ccccc1N1CCN(c2ccc(F)cc2F)CC1. The number of methoxy groups -OCH3 is 1. The van der Waals surface area contributed by atoms with Gasteiger partial charge in [0.05, 0.1) is 18.5 Å². The molecule has 0 spiro atoms. The smallest absolute Gasteiger partial charge is 0.149 e. The average molecular weight is 304 g/mol. The first-order valence-corrected chi connectivity index (χ1v) is 7.27. The summed E-state index contributed by atoms with van der Waals surface area (Å²) in [6.07, 6.45) is 0. The first-order valence-electron chi connectivity index (χ1n) is 7.27. The van der Waals surface area contributed by atoms with E-state index < -0.39 is 11.6 Å². The van der Waals surface area contributed by atoms with Crippen LogP contribution in [0.5, 0.6) is 5.75 Å². The van der Waals surface area contributed by atoms with Crippen LogP contribution in [-0.4, -0.2) is 33.3 Å². The minimum Gasteiger partial charge on any atom is -0.495 e. The van der Waals surface area contributed by atoms with Gasteiger partial charge in [-0.3, -0.25) is 0 Å². The highest BCUT2D eigenvalue weighted by Gasteiger charge is 2.21. The molecule has 1 saturated heterocycles. The van der Waals surface area contributed by atoms with Gasteiger partial charge < -0.3 is 14.5 Å².